The minimum absolute atomic E-state index is 0.482. The maximum absolute atomic E-state index is 11.3. The quantitative estimate of drug-likeness (QED) is 0.851. The van der Waals surface area contributed by atoms with Crippen LogP contribution in [0.15, 0.2) is 30.3 Å². The number of aliphatic carboxylic acids is 1. The van der Waals surface area contributed by atoms with E-state index in [0.29, 0.717) is 13.0 Å². The molecule has 1 aliphatic carbocycles. The number of hydrogen-bond acceptors (Lipinski definition) is 2. The molecule has 0 spiro atoms. The molecule has 3 nitrogen and oxygen atoms in total. The van der Waals surface area contributed by atoms with Crippen LogP contribution >= 0.6 is 0 Å². The van der Waals surface area contributed by atoms with E-state index in [0.717, 1.165) is 31.4 Å². The third-order valence-electron chi connectivity index (χ3n) is 3.61. The molecule has 0 saturated heterocycles. The summed E-state index contributed by atoms with van der Waals surface area (Å²) in [6.45, 7) is 0.482. The molecule has 3 heteroatoms. The molecule has 1 aromatic carbocycles. The lowest BCUT2D eigenvalue weighted by molar-refractivity contribution is -0.149. The Kier molecular flexibility index (Phi) is 3.67. The Morgan fingerprint density at radius 1 is 1.24 bits per heavy atom. The number of rotatable bonds is 5. The fourth-order valence-corrected chi connectivity index (χ4v) is 2.50. The lowest BCUT2D eigenvalue weighted by atomic mass is 9.83. The summed E-state index contributed by atoms with van der Waals surface area (Å²) in [6.07, 6.45) is 4.24. The molecule has 1 aromatic rings. The third kappa shape index (κ3) is 2.78. The normalized spacial score (nSPS) is 17.9. The summed E-state index contributed by atoms with van der Waals surface area (Å²) in [7, 11) is 0. The first-order valence-corrected chi connectivity index (χ1v) is 6.14. The van der Waals surface area contributed by atoms with Gasteiger partial charge in [0.1, 0.15) is 5.75 Å². The molecule has 92 valence electrons. The number of benzene rings is 1. The van der Waals surface area contributed by atoms with Crippen LogP contribution in [0.25, 0.3) is 0 Å². The first kappa shape index (κ1) is 12.0. The van der Waals surface area contributed by atoms with Crippen LogP contribution in [0.2, 0.25) is 0 Å². The van der Waals surface area contributed by atoms with Crippen LogP contribution in [0.3, 0.4) is 0 Å². The Balaban J connectivity index is 1.87. The van der Waals surface area contributed by atoms with E-state index in [1.165, 1.54) is 0 Å². The van der Waals surface area contributed by atoms with Gasteiger partial charge in [0, 0.05) is 0 Å². The second-order valence-electron chi connectivity index (χ2n) is 4.70. The van der Waals surface area contributed by atoms with E-state index in [1.54, 1.807) is 0 Å². The molecule has 0 heterocycles. The van der Waals surface area contributed by atoms with Crippen molar-refractivity contribution >= 4 is 5.97 Å². The first-order chi connectivity index (χ1) is 8.23. The van der Waals surface area contributed by atoms with Crippen LogP contribution in [-0.2, 0) is 4.79 Å². The first-order valence-electron chi connectivity index (χ1n) is 6.14. The van der Waals surface area contributed by atoms with Crippen molar-refractivity contribution in [2.24, 2.45) is 5.41 Å². The highest BCUT2D eigenvalue weighted by molar-refractivity contribution is 5.74. The molecule has 1 aliphatic rings. The minimum Gasteiger partial charge on any atom is -0.494 e. The molecule has 0 aliphatic heterocycles. The highest BCUT2D eigenvalue weighted by atomic mass is 16.5. The van der Waals surface area contributed by atoms with E-state index in [2.05, 4.69) is 0 Å². The number of carboxylic acid groups (broad SMARTS) is 1. The van der Waals surface area contributed by atoms with Crippen LogP contribution in [0.4, 0.5) is 0 Å². The zero-order valence-corrected chi connectivity index (χ0v) is 9.89. The van der Waals surface area contributed by atoms with Crippen LogP contribution in [0.1, 0.15) is 32.1 Å². The maximum atomic E-state index is 11.3. The van der Waals surface area contributed by atoms with Crippen molar-refractivity contribution in [3.63, 3.8) is 0 Å². The number of carboxylic acids is 1. The van der Waals surface area contributed by atoms with Gasteiger partial charge in [-0.15, -0.1) is 0 Å². The summed E-state index contributed by atoms with van der Waals surface area (Å²) in [6, 6.07) is 9.54. The van der Waals surface area contributed by atoms with E-state index in [1.807, 2.05) is 30.3 Å². The number of carbonyl (C=O) groups is 1. The highest BCUT2D eigenvalue weighted by Gasteiger charge is 2.40. The average Bonchev–Trinajstić information content (AvgIpc) is 2.80. The van der Waals surface area contributed by atoms with Crippen LogP contribution < -0.4 is 4.74 Å². The van der Waals surface area contributed by atoms with Gasteiger partial charge in [0.25, 0.3) is 0 Å². The summed E-state index contributed by atoms with van der Waals surface area (Å²) >= 11 is 0. The zero-order chi connectivity index (χ0) is 12.1. The van der Waals surface area contributed by atoms with Crippen LogP contribution in [0.5, 0.6) is 5.75 Å². The molecule has 1 N–H and O–H groups in total. The molecule has 0 amide bonds. The van der Waals surface area contributed by atoms with E-state index in [4.69, 9.17) is 4.74 Å². The van der Waals surface area contributed by atoms with Gasteiger partial charge in [0.05, 0.1) is 12.0 Å². The number of hydrogen-bond donors (Lipinski definition) is 1. The number of ether oxygens (including phenoxy) is 1. The van der Waals surface area contributed by atoms with E-state index >= 15 is 0 Å². The summed E-state index contributed by atoms with van der Waals surface area (Å²) < 4.78 is 5.58. The molecular weight excluding hydrogens is 216 g/mol. The lowest BCUT2D eigenvalue weighted by Crippen LogP contribution is -2.29. The molecule has 0 bridgehead atoms. The Bertz CT molecular complexity index is 366. The zero-order valence-electron chi connectivity index (χ0n) is 9.89. The summed E-state index contributed by atoms with van der Waals surface area (Å²) in [5.41, 5.74) is -0.533. The van der Waals surface area contributed by atoms with Gasteiger partial charge >= 0.3 is 5.97 Å². The van der Waals surface area contributed by atoms with E-state index in [-0.39, 0.29) is 0 Å². The number of para-hydroxylation sites is 1. The average molecular weight is 234 g/mol. The minimum atomic E-state index is -0.660. The van der Waals surface area contributed by atoms with Gasteiger partial charge in [-0.05, 0) is 31.4 Å². The standard InChI is InChI=1S/C14H18O3/c15-13(16)14(8-4-5-9-14)10-11-17-12-6-2-1-3-7-12/h1-3,6-7H,4-5,8-11H2,(H,15,16). The summed E-state index contributed by atoms with van der Waals surface area (Å²) in [5.74, 6) is 0.151. The fraction of sp³-hybridized carbons (Fsp3) is 0.500. The molecule has 17 heavy (non-hydrogen) atoms. The fourth-order valence-electron chi connectivity index (χ4n) is 2.50. The monoisotopic (exact) mass is 234 g/mol. The van der Waals surface area contributed by atoms with Gasteiger partial charge in [-0.25, -0.2) is 0 Å². The van der Waals surface area contributed by atoms with Gasteiger partial charge in [0.15, 0.2) is 0 Å². The Labute approximate surface area is 101 Å². The summed E-state index contributed by atoms with van der Waals surface area (Å²) in [4.78, 5) is 11.3. The Morgan fingerprint density at radius 2 is 1.88 bits per heavy atom. The second-order valence-corrected chi connectivity index (χ2v) is 4.70. The van der Waals surface area contributed by atoms with Crippen molar-refractivity contribution in [1.82, 2.24) is 0 Å². The molecule has 2 rings (SSSR count). The molecular formula is C14H18O3. The predicted octanol–water partition coefficient (Wildman–Crippen LogP) is 3.10. The Hall–Kier alpha value is -1.51. The second kappa shape index (κ2) is 5.21. The molecule has 0 atom stereocenters. The van der Waals surface area contributed by atoms with Gasteiger partial charge in [-0.1, -0.05) is 31.0 Å². The molecule has 1 fully saturated rings. The molecule has 1 saturated carbocycles. The summed E-state index contributed by atoms with van der Waals surface area (Å²) in [5, 5.41) is 9.31. The van der Waals surface area contributed by atoms with Crippen LogP contribution in [-0.4, -0.2) is 17.7 Å². The van der Waals surface area contributed by atoms with E-state index < -0.39 is 11.4 Å². The largest absolute Gasteiger partial charge is 0.494 e. The third-order valence-corrected chi connectivity index (χ3v) is 3.61. The van der Waals surface area contributed by atoms with E-state index in [9.17, 15) is 9.90 Å². The molecule has 0 unspecified atom stereocenters. The van der Waals surface area contributed by atoms with Crippen molar-refractivity contribution in [1.29, 1.82) is 0 Å². The molecule has 0 aromatic heterocycles. The van der Waals surface area contributed by atoms with Crippen molar-refractivity contribution in [3.05, 3.63) is 30.3 Å². The maximum Gasteiger partial charge on any atom is 0.309 e. The van der Waals surface area contributed by atoms with Gasteiger partial charge in [-0.2, -0.15) is 0 Å². The van der Waals surface area contributed by atoms with Crippen molar-refractivity contribution in [3.8, 4) is 5.75 Å². The van der Waals surface area contributed by atoms with Gasteiger partial charge in [0.2, 0.25) is 0 Å². The predicted molar refractivity (Wildman–Crippen MR) is 65.1 cm³/mol. The smallest absolute Gasteiger partial charge is 0.309 e. The van der Waals surface area contributed by atoms with Crippen molar-refractivity contribution < 1.29 is 14.6 Å². The SMILES string of the molecule is O=C(O)C1(CCOc2ccccc2)CCCC1. The van der Waals surface area contributed by atoms with Gasteiger partial charge in [-0.3, -0.25) is 4.79 Å². The van der Waals surface area contributed by atoms with Crippen LogP contribution in [0, 0.1) is 5.41 Å². The highest BCUT2D eigenvalue weighted by Crippen LogP contribution is 2.41. The lowest BCUT2D eigenvalue weighted by Gasteiger charge is -2.23. The topological polar surface area (TPSA) is 46.5 Å². The van der Waals surface area contributed by atoms with Crippen molar-refractivity contribution in [2.75, 3.05) is 6.61 Å². The van der Waals surface area contributed by atoms with Gasteiger partial charge < -0.3 is 9.84 Å². The van der Waals surface area contributed by atoms with Crippen molar-refractivity contribution in [2.45, 2.75) is 32.1 Å². The Morgan fingerprint density at radius 3 is 2.47 bits per heavy atom. The molecule has 0 radical (unpaired) electrons.